The number of rotatable bonds is 10. The van der Waals surface area contributed by atoms with Gasteiger partial charge in [0.05, 0.1) is 24.1 Å². The van der Waals surface area contributed by atoms with Gasteiger partial charge < -0.3 is 19.7 Å². The van der Waals surface area contributed by atoms with Crippen LogP contribution in [0.15, 0.2) is 53.0 Å². The van der Waals surface area contributed by atoms with Gasteiger partial charge in [-0.15, -0.1) is 0 Å². The van der Waals surface area contributed by atoms with Gasteiger partial charge in [-0.25, -0.2) is 0 Å². The molecule has 0 aliphatic carbocycles. The summed E-state index contributed by atoms with van der Waals surface area (Å²) in [6, 6.07) is 14.3. The molecule has 2 aromatic rings. The lowest BCUT2D eigenvalue weighted by atomic mass is 10.1. The van der Waals surface area contributed by atoms with Gasteiger partial charge >= 0.3 is 5.97 Å². The second kappa shape index (κ2) is 12.6. The maximum absolute atomic E-state index is 13.2. The molecule has 1 saturated heterocycles. The van der Waals surface area contributed by atoms with Gasteiger partial charge in [0.2, 0.25) is 5.91 Å². The molecule has 1 unspecified atom stereocenters. The SMILES string of the molecule is CC(C)CCOC(=O)CC1C(=O)NCCN1C(=O)c1ccc(OCCc2ccccc2)c(Br)c1. The van der Waals surface area contributed by atoms with Crippen LogP contribution < -0.4 is 10.1 Å². The number of hydrogen-bond acceptors (Lipinski definition) is 5. The largest absolute Gasteiger partial charge is 0.492 e. The molecule has 3 rings (SSSR count). The van der Waals surface area contributed by atoms with E-state index in [2.05, 4.69) is 21.2 Å². The minimum atomic E-state index is -0.895. The second-order valence-corrected chi connectivity index (χ2v) is 9.50. The number of nitrogens with zero attached hydrogens (tertiary/aromatic N) is 1. The van der Waals surface area contributed by atoms with E-state index in [1.54, 1.807) is 18.2 Å². The highest BCUT2D eigenvalue weighted by Crippen LogP contribution is 2.27. The summed E-state index contributed by atoms with van der Waals surface area (Å²) in [6.07, 6.45) is 1.35. The van der Waals surface area contributed by atoms with Crippen molar-refractivity contribution in [3.63, 3.8) is 0 Å². The Kier molecular flexibility index (Phi) is 9.51. The van der Waals surface area contributed by atoms with Crippen LogP contribution in [0.25, 0.3) is 0 Å². The van der Waals surface area contributed by atoms with Crippen LogP contribution >= 0.6 is 15.9 Å². The molecule has 1 aliphatic heterocycles. The Balaban J connectivity index is 1.62. The zero-order valence-corrected chi connectivity index (χ0v) is 21.2. The lowest BCUT2D eigenvalue weighted by Crippen LogP contribution is -2.57. The quantitative estimate of drug-likeness (QED) is 0.469. The third kappa shape index (κ3) is 7.32. The van der Waals surface area contributed by atoms with Crippen molar-refractivity contribution in [2.24, 2.45) is 5.92 Å². The lowest BCUT2D eigenvalue weighted by Gasteiger charge is -2.34. The van der Waals surface area contributed by atoms with E-state index < -0.39 is 12.0 Å². The molecule has 2 aromatic carbocycles. The number of nitrogens with one attached hydrogen (secondary N) is 1. The Morgan fingerprint density at radius 2 is 1.91 bits per heavy atom. The Hall–Kier alpha value is -2.87. The monoisotopic (exact) mass is 530 g/mol. The first-order chi connectivity index (χ1) is 16.3. The molecule has 0 aromatic heterocycles. The molecule has 0 bridgehead atoms. The van der Waals surface area contributed by atoms with Crippen LogP contribution in [0.1, 0.15) is 42.6 Å². The fraction of sp³-hybridized carbons (Fsp3) is 0.423. The molecular weight excluding hydrogens is 500 g/mol. The Morgan fingerprint density at radius 3 is 2.62 bits per heavy atom. The zero-order valence-electron chi connectivity index (χ0n) is 19.6. The van der Waals surface area contributed by atoms with Gasteiger partial charge in [0, 0.05) is 25.1 Å². The van der Waals surface area contributed by atoms with E-state index in [0.717, 1.165) is 12.8 Å². The summed E-state index contributed by atoms with van der Waals surface area (Å²) in [4.78, 5) is 39.4. The predicted molar refractivity (Wildman–Crippen MR) is 133 cm³/mol. The van der Waals surface area contributed by atoms with E-state index in [1.807, 2.05) is 44.2 Å². The van der Waals surface area contributed by atoms with Gasteiger partial charge in [0.1, 0.15) is 11.8 Å². The van der Waals surface area contributed by atoms with E-state index in [4.69, 9.17) is 9.47 Å². The molecule has 34 heavy (non-hydrogen) atoms. The van der Waals surface area contributed by atoms with Crippen LogP contribution in [0.5, 0.6) is 5.75 Å². The molecule has 0 saturated carbocycles. The fourth-order valence-corrected chi connectivity index (χ4v) is 4.12. The maximum atomic E-state index is 13.2. The molecule has 1 fully saturated rings. The van der Waals surface area contributed by atoms with Gasteiger partial charge in [-0.3, -0.25) is 14.4 Å². The fourth-order valence-electron chi connectivity index (χ4n) is 3.63. The van der Waals surface area contributed by atoms with E-state index >= 15 is 0 Å². The topological polar surface area (TPSA) is 84.9 Å². The summed E-state index contributed by atoms with van der Waals surface area (Å²) in [5, 5.41) is 2.74. The van der Waals surface area contributed by atoms with E-state index in [-0.39, 0.29) is 18.2 Å². The number of piperazine rings is 1. The van der Waals surface area contributed by atoms with Crippen molar-refractivity contribution < 1.29 is 23.9 Å². The second-order valence-electron chi connectivity index (χ2n) is 8.64. The van der Waals surface area contributed by atoms with Crippen molar-refractivity contribution in [1.82, 2.24) is 10.2 Å². The van der Waals surface area contributed by atoms with E-state index in [0.29, 0.717) is 48.0 Å². The van der Waals surface area contributed by atoms with Crippen LogP contribution in [-0.2, 0) is 20.7 Å². The highest BCUT2D eigenvalue weighted by atomic mass is 79.9. The minimum absolute atomic E-state index is 0.169. The van der Waals surface area contributed by atoms with Crippen molar-refractivity contribution in [2.75, 3.05) is 26.3 Å². The highest BCUT2D eigenvalue weighted by molar-refractivity contribution is 9.10. The van der Waals surface area contributed by atoms with Crippen LogP contribution in [0.2, 0.25) is 0 Å². The normalized spacial score (nSPS) is 15.7. The lowest BCUT2D eigenvalue weighted by molar-refractivity contribution is -0.148. The number of amides is 2. The molecule has 0 spiro atoms. The molecule has 8 heteroatoms. The Labute approximate surface area is 208 Å². The van der Waals surface area contributed by atoms with Crippen LogP contribution in [-0.4, -0.2) is 55.0 Å². The van der Waals surface area contributed by atoms with Crippen LogP contribution in [0.4, 0.5) is 0 Å². The standard InChI is InChI=1S/C26H31BrN2O5/c1-18(2)10-14-34-24(30)17-22-25(31)28-12-13-29(22)26(32)20-8-9-23(21(27)16-20)33-15-11-19-6-4-3-5-7-19/h3-9,16,18,22H,10-15,17H2,1-2H3,(H,28,31). The van der Waals surface area contributed by atoms with E-state index in [9.17, 15) is 14.4 Å². The first-order valence-corrected chi connectivity index (χ1v) is 12.3. The van der Waals surface area contributed by atoms with Crippen molar-refractivity contribution in [3.8, 4) is 5.75 Å². The molecule has 182 valence electrons. The summed E-state index contributed by atoms with van der Waals surface area (Å²) in [7, 11) is 0. The van der Waals surface area contributed by atoms with Crippen LogP contribution in [0.3, 0.4) is 0 Å². The third-order valence-electron chi connectivity index (χ3n) is 5.58. The molecule has 1 atom stereocenters. The molecule has 1 aliphatic rings. The first-order valence-electron chi connectivity index (χ1n) is 11.6. The smallest absolute Gasteiger partial charge is 0.308 e. The summed E-state index contributed by atoms with van der Waals surface area (Å²) >= 11 is 3.48. The van der Waals surface area contributed by atoms with Gasteiger partial charge in [0.25, 0.3) is 5.91 Å². The summed E-state index contributed by atoms with van der Waals surface area (Å²) in [5.74, 6) is -0.0997. The van der Waals surface area contributed by atoms with Crippen molar-refractivity contribution in [3.05, 3.63) is 64.1 Å². The van der Waals surface area contributed by atoms with Crippen molar-refractivity contribution >= 4 is 33.7 Å². The number of carbonyl (C=O) groups excluding carboxylic acids is 3. The van der Waals surface area contributed by atoms with Gasteiger partial charge in [0.15, 0.2) is 0 Å². The van der Waals surface area contributed by atoms with Crippen LogP contribution in [0, 0.1) is 5.92 Å². The molecule has 1 heterocycles. The Bertz CT molecular complexity index is 996. The molecule has 2 amide bonds. The summed E-state index contributed by atoms with van der Waals surface area (Å²) in [6.45, 7) is 5.55. The average molecular weight is 531 g/mol. The number of ether oxygens (including phenoxy) is 2. The van der Waals surface area contributed by atoms with Gasteiger partial charge in [-0.05, 0) is 52.0 Å². The van der Waals surface area contributed by atoms with E-state index in [1.165, 1.54) is 10.5 Å². The molecule has 7 nitrogen and oxygen atoms in total. The molecule has 1 N–H and O–H groups in total. The van der Waals surface area contributed by atoms with Gasteiger partial charge in [-0.2, -0.15) is 0 Å². The number of esters is 1. The summed E-state index contributed by atoms with van der Waals surface area (Å²) in [5.41, 5.74) is 1.60. The van der Waals surface area contributed by atoms with Crippen molar-refractivity contribution in [1.29, 1.82) is 0 Å². The molecular formula is C26H31BrN2O5. The predicted octanol–water partition coefficient (Wildman–Crippen LogP) is 3.99. The van der Waals surface area contributed by atoms with Gasteiger partial charge in [-0.1, -0.05) is 44.2 Å². The maximum Gasteiger partial charge on any atom is 0.308 e. The van der Waals surface area contributed by atoms with Crippen molar-refractivity contribution in [2.45, 2.75) is 39.2 Å². The molecule has 0 radical (unpaired) electrons. The number of benzene rings is 2. The zero-order chi connectivity index (χ0) is 24.5. The summed E-state index contributed by atoms with van der Waals surface area (Å²) < 4.78 is 11.8. The number of hydrogen-bond donors (Lipinski definition) is 1. The first kappa shape index (κ1) is 25.7. The minimum Gasteiger partial charge on any atom is -0.492 e. The average Bonchev–Trinajstić information content (AvgIpc) is 2.81. The Morgan fingerprint density at radius 1 is 1.15 bits per heavy atom. The highest BCUT2D eigenvalue weighted by Gasteiger charge is 2.35. The third-order valence-corrected chi connectivity index (χ3v) is 6.20. The number of halogens is 1. The number of carbonyl (C=O) groups is 3.